The number of anilines is 2. The number of nitrogens with zero attached hydrogens (tertiary/aromatic N) is 3. The van der Waals surface area contributed by atoms with Gasteiger partial charge in [0.1, 0.15) is 18.1 Å². The number of nitrogen functional groups attached to an aromatic ring is 1. The van der Waals surface area contributed by atoms with Crippen LogP contribution in [0.5, 0.6) is 0 Å². The van der Waals surface area contributed by atoms with Gasteiger partial charge in [-0.1, -0.05) is 23.2 Å². The highest BCUT2D eigenvalue weighted by atomic mass is 35.5. The fourth-order valence-electron chi connectivity index (χ4n) is 4.27. The maximum Gasteiger partial charge on any atom is 0.255 e. The second-order valence-electron chi connectivity index (χ2n) is 7.66. The number of carbonyl (C=O) groups is 2. The predicted octanol–water partition coefficient (Wildman–Crippen LogP) is 2.71. The maximum atomic E-state index is 15.1. The molecule has 2 aliphatic rings. The van der Waals surface area contributed by atoms with Crippen molar-refractivity contribution in [1.29, 1.82) is 0 Å². The summed E-state index contributed by atoms with van der Waals surface area (Å²) in [6.07, 6.45) is 3.14. The van der Waals surface area contributed by atoms with Crippen LogP contribution in [0.1, 0.15) is 31.4 Å². The smallest absolute Gasteiger partial charge is 0.255 e. The Morgan fingerprint density at radius 2 is 1.94 bits per heavy atom. The molecule has 2 aromatic rings. The second-order valence-corrected chi connectivity index (χ2v) is 8.53. The summed E-state index contributed by atoms with van der Waals surface area (Å²) < 4.78 is 15.1. The van der Waals surface area contributed by atoms with Crippen molar-refractivity contribution in [2.45, 2.75) is 37.3 Å². The minimum atomic E-state index is -1.61. The van der Waals surface area contributed by atoms with Gasteiger partial charge in [-0.05, 0) is 43.9 Å². The number of benzene rings is 1. The first-order valence-corrected chi connectivity index (χ1v) is 10.7. The van der Waals surface area contributed by atoms with Crippen molar-refractivity contribution >= 4 is 46.5 Å². The molecule has 2 saturated heterocycles. The molecule has 8 nitrogen and oxygen atoms in total. The molecule has 1 aromatic carbocycles. The number of aromatic nitrogens is 2. The van der Waals surface area contributed by atoms with Gasteiger partial charge in [0, 0.05) is 28.8 Å². The number of carbonyl (C=O) groups excluding carboxylic acids is 2. The number of likely N-dealkylation sites (tertiary alicyclic amines) is 1. The summed E-state index contributed by atoms with van der Waals surface area (Å²) in [7, 11) is 0. The van der Waals surface area contributed by atoms with Crippen LogP contribution in [-0.2, 0) is 15.1 Å². The molecular formula is C20H21Cl2FN6O2. The first-order valence-electron chi connectivity index (χ1n) is 9.91. The van der Waals surface area contributed by atoms with Crippen molar-refractivity contribution in [2.75, 3.05) is 24.1 Å². The lowest BCUT2D eigenvalue weighted by molar-refractivity contribution is -0.148. The number of amides is 2. The Morgan fingerprint density at radius 1 is 1.19 bits per heavy atom. The second kappa shape index (κ2) is 8.47. The van der Waals surface area contributed by atoms with Crippen LogP contribution in [-0.4, -0.2) is 45.8 Å². The number of nitrogens with two attached hydrogens (primary N) is 1. The molecule has 164 valence electrons. The summed E-state index contributed by atoms with van der Waals surface area (Å²) in [6, 6.07) is 4.08. The van der Waals surface area contributed by atoms with Crippen LogP contribution in [0.2, 0.25) is 10.0 Å². The van der Waals surface area contributed by atoms with Crippen molar-refractivity contribution in [1.82, 2.24) is 20.2 Å². The van der Waals surface area contributed by atoms with E-state index < -0.39 is 23.3 Å². The van der Waals surface area contributed by atoms with E-state index in [0.717, 1.165) is 12.7 Å². The molecule has 0 aliphatic carbocycles. The van der Waals surface area contributed by atoms with Crippen molar-refractivity contribution < 1.29 is 14.0 Å². The molecule has 31 heavy (non-hydrogen) atoms. The molecule has 0 saturated carbocycles. The topological polar surface area (TPSA) is 113 Å². The highest BCUT2D eigenvalue weighted by Gasteiger charge is 2.51. The van der Waals surface area contributed by atoms with Gasteiger partial charge < -0.3 is 21.3 Å². The third-order valence-electron chi connectivity index (χ3n) is 5.65. The fourth-order valence-corrected chi connectivity index (χ4v) is 4.79. The van der Waals surface area contributed by atoms with Gasteiger partial charge in [0.05, 0.1) is 0 Å². The normalized spacial score (nSPS) is 24.1. The van der Waals surface area contributed by atoms with Gasteiger partial charge in [0.2, 0.25) is 5.91 Å². The predicted molar refractivity (Wildman–Crippen MR) is 115 cm³/mol. The standard InChI is InChI=1S/C20H21Cl2FN6O2/c21-11-7-12(22)9-13(8-11)28-20(16-15(23)17(24)27-10-26-16)4-2-6-29(19(20)31)14-3-1-5-25-18(14)30/h7-10,14,28H,1-6H2,(H,25,30)(H2,24,26,27)/t14-,20?/m1/s1. The van der Waals surface area contributed by atoms with Crippen molar-refractivity contribution in [3.8, 4) is 0 Å². The van der Waals surface area contributed by atoms with Crippen LogP contribution >= 0.6 is 23.2 Å². The maximum absolute atomic E-state index is 15.1. The monoisotopic (exact) mass is 466 g/mol. The van der Waals surface area contributed by atoms with Crippen LogP contribution in [0.25, 0.3) is 0 Å². The van der Waals surface area contributed by atoms with E-state index in [1.54, 1.807) is 18.2 Å². The molecule has 1 unspecified atom stereocenters. The number of hydrogen-bond donors (Lipinski definition) is 3. The van der Waals surface area contributed by atoms with Crippen LogP contribution in [0, 0.1) is 5.82 Å². The lowest BCUT2D eigenvalue weighted by atomic mass is 9.82. The molecule has 2 aliphatic heterocycles. The average Bonchev–Trinajstić information content (AvgIpc) is 2.72. The van der Waals surface area contributed by atoms with Crippen LogP contribution in [0.4, 0.5) is 15.9 Å². The third kappa shape index (κ3) is 3.99. The quantitative estimate of drug-likeness (QED) is 0.638. The molecule has 0 bridgehead atoms. The first kappa shape index (κ1) is 21.6. The molecule has 2 atom stereocenters. The van der Waals surface area contributed by atoms with E-state index in [4.69, 9.17) is 28.9 Å². The molecule has 3 heterocycles. The number of nitrogens with one attached hydrogen (secondary N) is 2. The molecular weight excluding hydrogens is 446 g/mol. The number of rotatable bonds is 4. The highest BCUT2D eigenvalue weighted by Crippen LogP contribution is 2.39. The van der Waals surface area contributed by atoms with E-state index in [1.807, 2.05) is 0 Å². The van der Waals surface area contributed by atoms with E-state index in [1.165, 1.54) is 4.90 Å². The van der Waals surface area contributed by atoms with E-state index in [9.17, 15) is 9.59 Å². The van der Waals surface area contributed by atoms with E-state index in [-0.39, 0.29) is 23.8 Å². The first-order chi connectivity index (χ1) is 14.8. The molecule has 0 radical (unpaired) electrons. The fraction of sp³-hybridized carbons (Fsp3) is 0.400. The SMILES string of the molecule is Nc1ncnc(C2(Nc3cc(Cl)cc(Cl)c3)CCCN([C@@H]3CCCNC3=O)C2=O)c1F. The highest BCUT2D eigenvalue weighted by molar-refractivity contribution is 6.35. The number of hydrogen-bond acceptors (Lipinski definition) is 6. The van der Waals surface area contributed by atoms with Crippen LogP contribution < -0.4 is 16.4 Å². The largest absolute Gasteiger partial charge is 0.381 e. The zero-order valence-electron chi connectivity index (χ0n) is 16.5. The minimum absolute atomic E-state index is 0.179. The molecule has 11 heteroatoms. The van der Waals surface area contributed by atoms with Gasteiger partial charge in [-0.3, -0.25) is 9.59 Å². The molecule has 4 N–H and O–H groups in total. The van der Waals surface area contributed by atoms with Gasteiger partial charge in [0.25, 0.3) is 5.91 Å². The van der Waals surface area contributed by atoms with E-state index >= 15 is 4.39 Å². The molecule has 2 fully saturated rings. The Kier molecular flexibility index (Phi) is 5.90. The zero-order chi connectivity index (χ0) is 22.2. The van der Waals surface area contributed by atoms with Gasteiger partial charge in [-0.2, -0.15) is 0 Å². The summed E-state index contributed by atoms with van der Waals surface area (Å²) in [5, 5.41) is 6.60. The Hall–Kier alpha value is -2.65. The molecule has 2 amide bonds. The van der Waals surface area contributed by atoms with Crippen molar-refractivity contribution in [2.24, 2.45) is 0 Å². The lowest BCUT2D eigenvalue weighted by Gasteiger charge is -2.45. The van der Waals surface area contributed by atoms with Crippen LogP contribution in [0.3, 0.4) is 0 Å². The Labute approximate surface area is 188 Å². The number of piperidine rings is 2. The summed E-state index contributed by atoms with van der Waals surface area (Å²) in [5.74, 6) is -1.93. The van der Waals surface area contributed by atoms with Gasteiger partial charge in [-0.15, -0.1) is 0 Å². The van der Waals surface area contributed by atoms with Crippen molar-refractivity contribution in [3.63, 3.8) is 0 Å². The Bertz CT molecular complexity index is 1020. The Balaban J connectivity index is 1.82. The molecule has 1 aromatic heterocycles. The third-order valence-corrected chi connectivity index (χ3v) is 6.09. The Morgan fingerprint density at radius 3 is 2.65 bits per heavy atom. The summed E-state index contributed by atoms with van der Waals surface area (Å²) in [6.45, 7) is 0.942. The summed E-state index contributed by atoms with van der Waals surface area (Å²) in [5.41, 5.74) is 4.32. The lowest BCUT2D eigenvalue weighted by Crippen LogP contribution is -2.62. The average molecular weight is 467 g/mol. The van der Waals surface area contributed by atoms with Crippen molar-refractivity contribution in [3.05, 3.63) is 46.1 Å². The van der Waals surface area contributed by atoms with E-state index in [0.29, 0.717) is 41.7 Å². The summed E-state index contributed by atoms with van der Waals surface area (Å²) >= 11 is 12.3. The van der Waals surface area contributed by atoms with Crippen LogP contribution in [0.15, 0.2) is 24.5 Å². The number of halogens is 3. The summed E-state index contributed by atoms with van der Waals surface area (Å²) in [4.78, 5) is 35.6. The molecule has 4 rings (SSSR count). The van der Waals surface area contributed by atoms with Gasteiger partial charge in [0.15, 0.2) is 17.2 Å². The minimum Gasteiger partial charge on any atom is -0.381 e. The van der Waals surface area contributed by atoms with Gasteiger partial charge in [-0.25, -0.2) is 14.4 Å². The van der Waals surface area contributed by atoms with Gasteiger partial charge >= 0.3 is 0 Å². The zero-order valence-corrected chi connectivity index (χ0v) is 18.0. The van der Waals surface area contributed by atoms with E-state index in [2.05, 4.69) is 20.6 Å². The molecule has 0 spiro atoms.